The lowest BCUT2D eigenvalue weighted by atomic mass is 10.0. The van der Waals surface area contributed by atoms with E-state index in [-0.39, 0.29) is 18.3 Å². The third-order valence-electron chi connectivity index (χ3n) is 4.65. The van der Waals surface area contributed by atoms with Gasteiger partial charge in [-0.2, -0.15) is 5.10 Å². The van der Waals surface area contributed by atoms with Crippen LogP contribution in [0.2, 0.25) is 0 Å². The van der Waals surface area contributed by atoms with E-state index < -0.39 is 5.97 Å². The maximum atomic E-state index is 12.7. The van der Waals surface area contributed by atoms with Crippen molar-refractivity contribution in [3.05, 3.63) is 29.1 Å². The van der Waals surface area contributed by atoms with Gasteiger partial charge in [-0.1, -0.05) is 0 Å². The Hall–Kier alpha value is -3.43. The summed E-state index contributed by atoms with van der Waals surface area (Å²) in [6, 6.07) is 2.96. The van der Waals surface area contributed by atoms with Gasteiger partial charge in [-0.05, 0) is 6.42 Å². The summed E-state index contributed by atoms with van der Waals surface area (Å²) in [5.41, 5.74) is 1.92. The molecule has 1 aromatic heterocycles. The molecule has 0 spiro atoms. The van der Waals surface area contributed by atoms with Crippen LogP contribution in [0.4, 0.5) is 10.5 Å². The summed E-state index contributed by atoms with van der Waals surface area (Å²) in [4.78, 5) is 25.6. The van der Waals surface area contributed by atoms with E-state index in [0.29, 0.717) is 47.2 Å². The van der Waals surface area contributed by atoms with Crippen LogP contribution in [0.3, 0.4) is 0 Å². The summed E-state index contributed by atoms with van der Waals surface area (Å²) in [6.45, 7) is 0.650. The number of aromatic nitrogens is 2. The standard InChI is InChI=1S/C18H22N4O6/c1-21-12-9-22(6-5-11(12)15(20-21)17(23)24)18(25)19-10-7-13(26-2)16(28-4)14(8-10)27-3/h7-8H,5-6,9H2,1-4H3,(H,19,25)(H,23,24). The Morgan fingerprint density at radius 1 is 1.14 bits per heavy atom. The minimum Gasteiger partial charge on any atom is -0.493 e. The Morgan fingerprint density at radius 3 is 2.32 bits per heavy atom. The maximum Gasteiger partial charge on any atom is 0.356 e. The number of benzene rings is 1. The van der Waals surface area contributed by atoms with Crippen molar-refractivity contribution in [1.82, 2.24) is 14.7 Å². The summed E-state index contributed by atoms with van der Waals surface area (Å²) in [6.07, 6.45) is 0.424. The Bertz CT molecular complexity index is 898. The summed E-state index contributed by atoms with van der Waals surface area (Å²) >= 11 is 0. The van der Waals surface area contributed by atoms with Crippen LogP contribution in [0.25, 0.3) is 0 Å². The molecule has 2 amide bonds. The molecular weight excluding hydrogens is 368 g/mol. The Balaban J connectivity index is 1.80. The quantitative estimate of drug-likeness (QED) is 0.799. The lowest BCUT2D eigenvalue weighted by molar-refractivity contribution is 0.0688. The Morgan fingerprint density at radius 2 is 1.79 bits per heavy atom. The zero-order chi connectivity index (χ0) is 20.4. The summed E-state index contributed by atoms with van der Waals surface area (Å²) in [5, 5.41) is 16.1. The first kappa shape index (κ1) is 19.3. The number of aromatic carboxylic acids is 1. The number of methoxy groups -OCH3 is 3. The molecule has 0 bridgehead atoms. The van der Waals surface area contributed by atoms with Crippen molar-refractivity contribution in [1.29, 1.82) is 0 Å². The zero-order valence-corrected chi connectivity index (χ0v) is 16.1. The van der Waals surface area contributed by atoms with Crippen LogP contribution in [-0.4, -0.2) is 59.7 Å². The molecule has 1 aliphatic rings. The maximum absolute atomic E-state index is 12.7. The number of carbonyl (C=O) groups is 2. The molecule has 1 aliphatic heterocycles. The summed E-state index contributed by atoms with van der Waals surface area (Å²) in [5.74, 6) is 0.223. The fourth-order valence-corrected chi connectivity index (χ4v) is 3.27. The van der Waals surface area contributed by atoms with Gasteiger partial charge in [-0.3, -0.25) is 4.68 Å². The van der Waals surface area contributed by atoms with E-state index in [2.05, 4.69) is 10.4 Å². The van der Waals surface area contributed by atoms with E-state index in [1.165, 1.54) is 26.0 Å². The van der Waals surface area contributed by atoms with Crippen LogP contribution < -0.4 is 19.5 Å². The topological polar surface area (TPSA) is 115 Å². The first-order valence-corrected chi connectivity index (χ1v) is 8.53. The molecule has 150 valence electrons. The van der Waals surface area contributed by atoms with E-state index in [1.54, 1.807) is 24.1 Å². The molecule has 2 N–H and O–H groups in total. The number of hydrogen-bond acceptors (Lipinski definition) is 6. The number of fused-ring (bicyclic) bond motifs is 1. The molecule has 0 aliphatic carbocycles. The highest BCUT2D eigenvalue weighted by atomic mass is 16.5. The molecule has 3 rings (SSSR count). The summed E-state index contributed by atoms with van der Waals surface area (Å²) in [7, 11) is 6.17. The number of aryl methyl sites for hydroxylation is 1. The van der Waals surface area contributed by atoms with Gasteiger partial charge in [0, 0.05) is 31.3 Å². The van der Waals surface area contributed by atoms with Crippen molar-refractivity contribution in [3.8, 4) is 17.2 Å². The summed E-state index contributed by atoms with van der Waals surface area (Å²) < 4.78 is 17.4. The molecule has 0 atom stereocenters. The average molecular weight is 390 g/mol. The number of ether oxygens (including phenoxy) is 3. The molecule has 0 radical (unpaired) electrons. The third-order valence-corrected chi connectivity index (χ3v) is 4.65. The van der Waals surface area contributed by atoms with Crippen molar-refractivity contribution in [2.45, 2.75) is 13.0 Å². The number of carboxylic acids is 1. The van der Waals surface area contributed by atoms with E-state index in [0.717, 1.165) is 0 Å². The van der Waals surface area contributed by atoms with Crippen molar-refractivity contribution >= 4 is 17.7 Å². The van der Waals surface area contributed by atoms with Crippen LogP contribution in [0.5, 0.6) is 17.2 Å². The van der Waals surface area contributed by atoms with Gasteiger partial charge in [0.2, 0.25) is 5.75 Å². The lowest BCUT2D eigenvalue weighted by Crippen LogP contribution is -2.39. The van der Waals surface area contributed by atoms with Crippen LogP contribution in [0.1, 0.15) is 21.7 Å². The Labute approximate surface area is 161 Å². The number of carboxylic acid groups (broad SMARTS) is 1. The average Bonchev–Trinajstić information content (AvgIpc) is 3.03. The molecule has 2 aromatic rings. The second-order valence-corrected chi connectivity index (χ2v) is 6.22. The molecular formula is C18H22N4O6. The highest BCUT2D eigenvalue weighted by Gasteiger charge is 2.29. The van der Waals surface area contributed by atoms with Crippen LogP contribution in [-0.2, 0) is 20.0 Å². The smallest absolute Gasteiger partial charge is 0.356 e. The Kier molecular flexibility index (Phi) is 5.30. The molecule has 0 unspecified atom stereocenters. The van der Waals surface area contributed by atoms with Gasteiger partial charge in [0.1, 0.15) is 0 Å². The number of amides is 2. The van der Waals surface area contributed by atoms with E-state index in [1.807, 2.05) is 0 Å². The normalized spacial score (nSPS) is 12.9. The molecule has 28 heavy (non-hydrogen) atoms. The van der Waals surface area contributed by atoms with Crippen molar-refractivity contribution in [2.75, 3.05) is 33.2 Å². The first-order valence-electron chi connectivity index (χ1n) is 8.53. The van der Waals surface area contributed by atoms with E-state index in [9.17, 15) is 14.7 Å². The highest BCUT2D eigenvalue weighted by Crippen LogP contribution is 2.40. The van der Waals surface area contributed by atoms with Gasteiger partial charge < -0.3 is 29.5 Å². The molecule has 0 saturated carbocycles. The van der Waals surface area contributed by atoms with Crippen LogP contribution >= 0.6 is 0 Å². The number of nitrogens with one attached hydrogen (secondary N) is 1. The first-order chi connectivity index (χ1) is 13.4. The van der Waals surface area contributed by atoms with Gasteiger partial charge in [-0.15, -0.1) is 0 Å². The monoisotopic (exact) mass is 390 g/mol. The highest BCUT2D eigenvalue weighted by molar-refractivity contribution is 5.91. The van der Waals surface area contributed by atoms with Gasteiger partial charge in [0.25, 0.3) is 0 Å². The number of urea groups is 1. The van der Waals surface area contributed by atoms with Crippen molar-refractivity contribution in [2.24, 2.45) is 7.05 Å². The predicted molar refractivity (Wildman–Crippen MR) is 99.4 cm³/mol. The third kappa shape index (κ3) is 3.40. The van der Waals surface area contributed by atoms with E-state index in [4.69, 9.17) is 14.2 Å². The number of anilines is 1. The van der Waals surface area contributed by atoms with Crippen molar-refractivity contribution < 1.29 is 28.9 Å². The molecule has 0 fully saturated rings. The fraction of sp³-hybridized carbons (Fsp3) is 0.389. The zero-order valence-electron chi connectivity index (χ0n) is 16.1. The minimum absolute atomic E-state index is 0.0437. The SMILES string of the molecule is COc1cc(NC(=O)N2CCc3c(C(=O)O)nn(C)c3C2)cc(OC)c1OC. The molecule has 0 saturated heterocycles. The van der Waals surface area contributed by atoms with Gasteiger partial charge >= 0.3 is 12.0 Å². The van der Waals surface area contributed by atoms with Gasteiger partial charge in [0.15, 0.2) is 17.2 Å². The second-order valence-electron chi connectivity index (χ2n) is 6.22. The van der Waals surface area contributed by atoms with Gasteiger partial charge in [0.05, 0.1) is 39.3 Å². The molecule has 2 heterocycles. The van der Waals surface area contributed by atoms with Crippen LogP contribution in [0, 0.1) is 0 Å². The number of nitrogens with zero attached hydrogens (tertiary/aromatic N) is 3. The fourth-order valence-electron chi connectivity index (χ4n) is 3.27. The number of carbonyl (C=O) groups excluding carboxylic acids is 1. The minimum atomic E-state index is -1.06. The molecule has 10 nitrogen and oxygen atoms in total. The van der Waals surface area contributed by atoms with Crippen molar-refractivity contribution in [3.63, 3.8) is 0 Å². The number of rotatable bonds is 5. The van der Waals surface area contributed by atoms with Crippen LogP contribution in [0.15, 0.2) is 12.1 Å². The predicted octanol–water partition coefficient (Wildman–Crippen LogP) is 1.73. The number of hydrogen-bond donors (Lipinski definition) is 2. The van der Waals surface area contributed by atoms with Gasteiger partial charge in [-0.25, -0.2) is 9.59 Å². The molecule has 1 aromatic carbocycles. The molecule has 10 heteroatoms. The van der Waals surface area contributed by atoms with E-state index >= 15 is 0 Å². The lowest BCUT2D eigenvalue weighted by Gasteiger charge is -2.28. The second kappa shape index (κ2) is 7.67. The largest absolute Gasteiger partial charge is 0.493 e.